The maximum atomic E-state index is 4.45. The van der Waals surface area contributed by atoms with Crippen molar-refractivity contribution in [3.05, 3.63) is 83.1 Å². The average Bonchev–Trinajstić information content (AvgIpc) is 3.37. The lowest BCUT2D eigenvalue weighted by atomic mass is 10.2. The Kier molecular flexibility index (Phi) is 4.72. The van der Waals surface area contributed by atoms with E-state index in [1.165, 1.54) is 21.6 Å². The van der Waals surface area contributed by atoms with Crippen LogP contribution in [0.3, 0.4) is 0 Å². The van der Waals surface area contributed by atoms with Gasteiger partial charge in [0, 0.05) is 30.4 Å². The number of aromatic nitrogens is 4. The summed E-state index contributed by atoms with van der Waals surface area (Å²) in [5.41, 5.74) is 4.71. The Morgan fingerprint density at radius 1 is 1.00 bits per heavy atom. The first-order valence-corrected chi connectivity index (χ1v) is 9.08. The summed E-state index contributed by atoms with van der Waals surface area (Å²) in [6.07, 6.45) is 5.90. The van der Waals surface area contributed by atoms with Crippen molar-refractivity contribution < 1.29 is 0 Å². The number of nitrogens with one attached hydrogen (secondary N) is 2. The van der Waals surface area contributed by atoms with E-state index in [9.17, 15) is 0 Å². The van der Waals surface area contributed by atoms with Crippen molar-refractivity contribution in [3.8, 4) is 10.6 Å². The number of hydrogen-bond donors (Lipinski definition) is 2. The number of benzene rings is 1. The van der Waals surface area contributed by atoms with Crippen LogP contribution in [0, 0.1) is 0 Å². The summed E-state index contributed by atoms with van der Waals surface area (Å²) in [4.78, 5) is 1.21. The van der Waals surface area contributed by atoms with Gasteiger partial charge in [0.2, 0.25) is 0 Å². The third kappa shape index (κ3) is 3.87. The first-order chi connectivity index (χ1) is 12.4. The maximum absolute atomic E-state index is 4.45. The van der Waals surface area contributed by atoms with E-state index in [4.69, 9.17) is 0 Å². The zero-order valence-electron chi connectivity index (χ0n) is 13.7. The van der Waals surface area contributed by atoms with Crippen molar-refractivity contribution in [2.45, 2.75) is 19.6 Å². The standard InChI is InChI=1S/C19H19N5S/c1-2-5-15(6-3-1)13-24-14-16(10-22-24)9-20-11-17-12-21-23-19(17)18-7-4-8-25-18/h1-8,10,12,14,20H,9,11,13H2,(H,21,23). The third-order valence-corrected chi connectivity index (χ3v) is 4.89. The molecule has 4 rings (SSSR count). The monoisotopic (exact) mass is 349 g/mol. The van der Waals surface area contributed by atoms with Crippen LogP contribution in [0.2, 0.25) is 0 Å². The van der Waals surface area contributed by atoms with Crippen molar-refractivity contribution in [1.29, 1.82) is 0 Å². The summed E-state index contributed by atoms with van der Waals surface area (Å²) in [5, 5.41) is 17.3. The van der Waals surface area contributed by atoms with Crippen LogP contribution in [0.4, 0.5) is 0 Å². The minimum Gasteiger partial charge on any atom is -0.308 e. The predicted octanol–water partition coefficient (Wildman–Crippen LogP) is 3.67. The second kappa shape index (κ2) is 7.46. The molecule has 4 aromatic rings. The molecule has 0 radical (unpaired) electrons. The van der Waals surface area contributed by atoms with Gasteiger partial charge in [-0.1, -0.05) is 36.4 Å². The Bertz CT molecular complexity index is 908. The summed E-state index contributed by atoms with van der Waals surface area (Å²) in [7, 11) is 0. The summed E-state index contributed by atoms with van der Waals surface area (Å²) >= 11 is 1.72. The van der Waals surface area contributed by atoms with E-state index in [1.54, 1.807) is 11.3 Å². The SMILES string of the molecule is c1ccc(Cn2cc(CNCc3cn[nH]c3-c3cccs3)cn2)cc1. The number of thiophene rings is 1. The van der Waals surface area contributed by atoms with Crippen molar-refractivity contribution in [3.63, 3.8) is 0 Å². The molecule has 2 N–H and O–H groups in total. The third-order valence-electron chi connectivity index (χ3n) is 4.00. The highest BCUT2D eigenvalue weighted by Gasteiger charge is 2.08. The summed E-state index contributed by atoms with van der Waals surface area (Å²) < 4.78 is 1.97. The van der Waals surface area contributed by atoms with Crippen LogP contribution >= 0.6 is 11.3 Å². The second-order valence-corrected chi connectivity index (χ2v) is 6.83. The highest BCUT2D eigenvalue weighted by molar-refractivity contribution is 7.13. The number of nitrogens with zero attached hydrogens (tertiary/aromatic N) is 3. The van der Waals surface area contributed by atoms with E-state index in [1.807, 2.05) is 23.1 Å². The van der Waals surface area contributed by atoms with E-state index in [0.717, 1.165) is 25.3 Å². The lowest BCUT2D eigenvalue weighted by Crippen LogP contribution is -2.12. The smallest absolute Gasteiger partial charge is 0.0794 e. The van der Waals surface area contributed by atoms with Gasteiger partial charge in [-0.2, -0.15) is 10.2 Å². The summed E-state index contributed by atoms with van der Waals surface area (Å²) in [5.74, 6) is 0. The Morgan fingerprint density at radius 2 is 1.92 bits per heavy atom. The Hall–Kier alpha value is -2.70. The van der Waals surface area contributed by atoms with Crippen molar-refractivity contribution in [2.24, 2.45) is 0 Å². The Balaban J connectivity index is 1.33. The molecule has 0 amide bonds. The summed E-state index contributed by atoms with van der Waals surface area (Å²) in [6, 6.07) is 14.5. The largest absolute Gasteiger partial charge is 0.308 e. The fourth-order valence-electron chi connectivity index (χ4n) is 2.78. The molecule has 126 valence electrons. The molecule has 0 atom stereocenters. The minimum absolute atomic E-state index is 0.771. The van der Waals surface area contributed by atoms with Gasteiger partial charge >= 0.3 is 0 Å². The van der Waals surface area contributed by atoms with Crippen LogP contribution in [0.1, 0.15) is 16.7 Å². The molecule has 0 aliphatic heterocycles. The minimum atomic E-state index is 0.771. The Morgan fingerprint density at radius 3 is 2.76 bits per heavy atom. The number of H-pyrrole nitrogens is 1. The number of hydrogen-bond acceptors (Lipinski definition) is 4. The van der Waals surface area contributed by atoms with Gasteiger partial charge in [-0.3, -0.25) is 9.78 Å². The fourth-order valence-corrected chi connectivity index (χ4v) is 3.53. The van der Waals surface area contributed by atoms with Gasteiger partial charge in [-0.15, -0.1) is 11.3 Å². The molecule has 25 heavy (non-hydrogen) atoms. The van der Waals surface area contributed by atoms with Crippen molar-refractivity contribution >= 4 is 11.3 Å². The van der Waals surface area contributed by atoms with E-state index >= 15 is 0 Å². The van der Waals surface area contributed by atoms with Crippen molar-refractivity contribution in [2.75, 3.05) is 0 Å². The van der Waals surface area contributed by atoms with E-state index in [2.05, 4.69) is 68.6 Å². The van der Waals surface area contributed by atoms with Crippen LogP contribution in [-0.2, 0) is 19.6 Å². The maximum Gasteiger partial charge on any atom is 0.0794 e. The fraction of sp³-hybridized carbons (Fsp3) is 0.158. The van der Waals surface area contributed by atoms with E-state index in [0.29, 0.717) is 0 Å². The van der Waals surface area contributed by atoms with Crippen LogP contribution < -0.4 is 5.32 Å². The Labute approximate surface area is 150 Å². The lowest BCUT2D eigenvalue weighted by Gasteiger charge is -2.03. The average molecular weight is 349 g/mol. The topological polar surface area (TPSA) is 58.5 Å². The second-order valence-electron chi connectivity index (χ2n) is 5.88. The molecule has 6 heteroatoms. The van der Waals surface area contributed by atoms with Crippen LogP contribution in [0.15, 0.2) is 66.4 Å². The quantitative estimate of drug-likeness (QED) is 0.535. The molecule has 0 saturated heterocycles. The van der Waals surface area contributed by atoms with E-state index < -0.39 is 0 Å². The highest BCUT2D eigenvalue weighted by Crippen LogP contribution is 2.25. The molecular weight excluding hydrogens is 330 g/mol. The molecule has 0 unspecified atom stereocenters. The number of rotatable bonds is 7. The zero-order chi connectivity index (χ0) is 16.9. The molecule has 0 bridgehead atoms. The highest BCUT2D eigenvalue weighted by atomic mass is 32.1. The molecular formula is C19H19N5S. The van der Waals surface area contributed by atoms with Gasteiger partial charge in [0.15, 0.2) is 0 Å². The van der Waals surface area contributed by atoms with Crippen LogP contribution in [0.25, 0.3) is 10.6 Å². The molecule has 0 fully saturated rings. The van der Waals surface area contributed by atoms with Crippen LogP contribution in [0.5, 0.6) is 0 Å². The normalized spacial score (nSPS) is 11.0. The van der Waals surface area contributed by atoms with Gasteiger partial charge in [0.05, 0.1) is 29.5 Å². The van der Waals surface area contributed by atoms with Gasteiger partial charge < -0.3 is 5.32 Å². The molecule has 0 spiro atoms. The zero-order valence-corrected chi connectivity index (χ0v) is 14.5. The molecule has 3 aromatic heterocycles. The van der Waals surface area contributed by atoms with Gasteiger partial charge in [0.1, 0.15) is 0 Å². The van der Waals surface area contributed by atoms with Gasteiger partial charge in [0.25, 0.3) is 0 Å². The molecule has 1 aromatic carbocycles. The first-order valence-electron chi connectivity index (χ1n) is 8.20. The predicted molar refractivity (Wildman–Crippen MR) is 100 cm³/mol. The van der Waals surface area contributed by atoms with E-state index in [-0.39, 0.29) is 0 Å². The van der Waals surface area contributed by atoms with Gasteiger partial charge in [-0.25, -0.2) is 0 Å². The lowest BCUT2D eigenvalue weighted by molar-refractivity contribution is 0.677. The molecule has 3 heterocycles. The molecule has 0 aliphatic rings. The number of aromatic amines is 1. The van der Waals surface area contributed by atoms with Crippen molar-refractivity contribution in [1.82, 2.24) is 25.3 Å². The summed E-state index contributed by atoms with van der Waals surface area (Å²) in [6.45, 7) is 2.35. The molecule has 0 saturated carbocycles. The molecule has 5 nitrogen and oxygen atoms in total. The van der Waals surface area contributed by atoms with Crippen LogP contribution in [-0.4, -0.2) is 20.0 Å². The van der Waals surface area contributed by atoms with Gasteiger partial charge in [-0.05, 0) is 17.0 Å². The molecule has 0 aliphatic carbocycles. The first kappa shape index (κ1) is 15.8.